The Morgan fingerprint density at radius 3 is 2.71 bits per heavy atom. The Labute approximate surface area is 171 Å². The molecular weight excluding hydrogens is 422 g/mol. The van der Waals surface area contributed by atoms with Crippen LogP contribution < -0.4 is 4.90 Å². The van der Waals surface area contributed by atoms with Crippen LogP contribution in [0.2, 0.25) is 0 Å². The fourth-order valence-corrected chi connectivity index (χ4v) is 4.97. The van der Waals surface area contributed by atoms with Crippen LogP contribution in [0.5, 0.6) is 0 Å². The lowest BCUT2D eigenvalue weighted by atomic mass is 9.77. The highest BCUT2D eigenvalue weighted by Crippen LogP contribution is 2.53. The van der Waals surface area contributed by atoms with E-state index >= 15 is 0 Å². The second-order valence-corrected chi connectivity index (χ2v) is 8.22. The maximum absolute atomic E-state index is 13.3. The molecule has 3 aliphatic heterocycles. The highest BCUT2D eigenvalue weighted by Gasteiger charge is 2.67. The highest BCUT2D eigenvalue weighted by molar-refractivity contribution is 9.10. The monoisotopic (exact) mass is 439 g/mol. The summed E-state index contributed by atoms with van der Waals surface area (Å²) in [5, 5.41) is 0. The molecule has 5 nitrogen and oxygen atoms in total. The van der Waals surface area contributed by atoms with Gasteiger partial charge in [0.25, 0.3) is 0 Å². The van der Waals surface area contributed by atoms with Crippen LogP contribution in [-0.4, -0.2) is 30.1 Å². The number of hydrogen-bond donors (Lipinski definition) is 0. The molecule has 0 aromatic heterocycles. The van der Waals surface area contributed by atoms with Gasteiger partial charge in [0.15, 0.2) is 0 Å². The largest absolute Gasteiger partial charge is 0.460 e. The van der Waals surface area contributed by atoms with E-state index in [9.17, 15) is 9.59 Å². The van der Waals surface area contributed by atoms with E-state index in [1.807, 2.05) is 66.7 Å². The Bertz CT molecular complexity index is 976. The Kier molecular flexibility index (Phi) is 4.14. The zero-order chi connectivity index (χ0) is 19.3. The van der Waals surface area contributed by atoms with E-state index < -0.39 is 23.5 Å². The van der Waals surface area contributed by atoms with E-state index in [1.54, 1.807) is 4.90 Å². The van der Waals surface area contributed by atoms with E-state index in [-0.39, 0.29) is 18.5 Å². The molecule has 2 bridgehead atoms. The van der Waals surface area contributed by atoms with E-state index in [2.05, 4.69) is 15.9 Å². The van der Waals surface area contributed by atoms with Crippen LogP contribution in [-0.2, 0) is 25.7 Å². The second kappa shape index (κ2) is 6.57. The van der Waals surface area contributed by atoms with Gasteiger partial charge in [0, 0.05) is 4.47 Å². The molecule has 1 amide bonds. The Balaban J connectivity index is 1.40. The summed E-state index contributed by atoms with van der Waals surface area (Å²) in [6, 6.07) is 17.1. The molecule has 2 saturated heterocycles. The molecule has 3 heterocycles. The molecule has 0 N–H and O–H groups in total. The molecule has 4 atom stereocenters. The molecule has 142 valence electrons. The van der Waals surface area contributed by atoms with Gasteiger partial charge in [-0.2, -0.15) is 0 Å². The summed E-state index contributed by atoms with van der Waals surface area (Å²) in [6.07, 6.45) is 3.43. The van der Waals surface area contributed by atoms with Crippen molar-refractivity contribution in [1.29, 1.82) is 0 Å². The molecule has 3 aliphatic rings. The zero-order valence-electron chi connectivity index (χ0n) is 15.0. The predicted octanol–water partition coefficient (Wildman–Crippen LogP) is 3.48. The Morgan fingerprint density at radius 2 is 1.93 bits per heavy atom. The third-order valence-electron chi connectivity index (χ3n) is 5.74. The maximum Gasteiger partial charge on any atom is 0.313 e. The summed E-state index contributed by atoms with van der Waals surface area (Å²) in [5.74, 6) is -1.65. The average molecular weight is 440 g/mol. The summed E-state index contributed by atoms with van der Waals surface area (Å²) < 4.78 is 12.5. The van der Waals surface area contributed by atoms with Gasteiger partial charge in [-0.25, -0.2) is 0 Å². The van der Waals surface area contributed by atoms with Gasteiger partial charge in [-0.1, -0.05) is 54.6 Å². The minimum absolute atomic E-state index is 0.0968. The number of fused-ring (bicyclic) bond motifs is 1. The van der Waals surface area contributed by atoms with Crippen LogP contribution in [0.1, 0.15) is 5.56 Å². The van der Waals surface area contributed by atoms with Crippen molar-refractivity contribution < 1.29 is 19.1 Å². The summed E-state index contributed by atoms with van der Waals surface area (Å²) in [5.41, 5.74) is 0.943. The molecule has 0 radical (unpaired) electrons. The molecule has 6 heteroatoms. The van der Waals surface area contributed by atoms with Gasteiger partial charge in [0.05, 0.1) is 24.3 Å². The van der Waals surface area contributed by atoms with Crippen LogP contribution in [0, 0.1) is 11.8 Å². The number of anilines is 1. The molecule has 2 aromatic rings. The van der Waals surface area contributed by atoms with Crippen LogP contribution in [0.15, 0.2) is 71.2 Å². The summed E-state index contributed by atoms with van der Waals surface area (Å²) in [6.45, 7) is 0.586. The number of carbonyl (C=O) groups excluding carboxylic acids is 2. The number of benzene rings is 2. The number of rotatable bonds is 4. The van der Waals surface area contributed by atoms with Crippen molar-refractivity contribution in [2.75, 3.05) is 11.4 Å². The number of nitrogens with zero attached hydrogens (tertiary/aromatic N) is 1. The first-order valence-corrected chi connectivity index (χ1v) is 10.0. The number of ether oxygens (including phenoxy) is 2. The lowest BCUT2D eigenvalue weighted by Gasteiger charge is -2.22. The average Bonchev–Trinajstić information content (AvgIpc) is 3.36. The fourth-order valence-electron chi connectivity index (χ4n) is 4.47. The van der Waals surface area contributed by atoms with Gasteiger partial charge in [0.2, 0.25) is 5.91 Å². The lowest BCUT2D eigenvalue weighted by molar-refractivity contribution is -0.153. The van der Waals surface area contributed by atoms with E-state index in [4.69, 9.17) is 9.47 Å². The Hall–Kier alpha value is -2.44. The molecule has 28 heavy (non-hydrogen) atoms. The van der Waals surface area contributed by atoms with Crippen molar-refractivity contribution in [2.24, 2.45) is 11.8 Å². The van der Waals surface area contributed by atoms with E-state index in [1.165, 1.54) is 0 Å². The van der Waals surface area contributed by atoms with Crippen molar-refractivity contribution in [3.63, 3.8) is 0 Å². The predicted molar refractivity (Wildman–Crippen MR) is 106 cm³/mol. The highest BCUT2D eigenvalue weighted by atomic mass is 79.9. The number of hydrogen-bond acceptors (Lipinski definition) is 4. The maximum atomic E-state index is 13.3. The van der Waals surface area contributed by atoms with Crippen LogP contribution >= 0.6 is 15.9 Å². The van der Waals surface area contributed by atoms with Gasteiger partial charge in [-0.15, -0.1) is 0 Å². The number of amides is 1. The van der Waals surface area contributed by atoms with Crippen molar-refractivity contribution in [2.45, 2.75) is 18.3 Å². The Morgan fingerprint density at radius 1 is 1.18 bits per heavy atom. The third-order valence-corrected chi connectivity index (χ3v) is 6.41. The van der Waals surface area contributed by atoms with Crippen molar-refractivity contribution in [3.8, 4) is 0 Å². The van der Waals surface area contributed by atoms with E-state index in [0.29, 0.717) is 6.54 Å². The number of halogens is 1. The van der Waals surface area contributed by atoms with Gasteiger partial charge >= 0.3 is 5.97 Å². The third kappa shape index (κ3) is 2.63. The first-order chi connectivity index (χ1) is 13.6. The minimum atomic E-state index is -0.756. The molecule has 2 fully saturated rings. The quantitative estimate of drug-likeness (QED) is 0.540. The van der Waals surface area contributed by atoms with Crippen LogP contribution in [0.25, 0.3) is 0 Å². The minimum Gasteiger partial charge on any atom is -0.460 e. The van der Waals surface area contributed by atoms with Gasteiger partial charge in [0.1, 0.15) is 18.1 Å². The van der Waals surface area contributed by atoms with Crippen LogP contribution in [0.3, 0.4) is 0 Å². The van der Waals surface area contributed by atoms with Gasteiger partial charge in [-0.05, 0) is 33.6 Å². The SMILES string of the molecule is O=C(OCc1ccccc1)[C@H]1[C@H]2C=CC3(CN(c4ccccc4Br)C(=O)[C@@H]13)O2. The van der Waals surface area contributed by atoms with E-state index in [0.717, 1.165) is 15.7 Å². The lowest BCUT2D eigenvalue weighted by Crippen LogP contribution is -2.40. The first-order valence-electron chi connectivity index (χ1n) is 9.23. The summed E-state index contributed by atoms with van der Waals surface area (Å²) in [4.78, 5) is 27.9. The van der Waals surface area contributed by atoms with Gasteiger partial charge in [-0.3, -0.25) is 9.59 Å². The normalized spacial score (nSPS) is 30.0. The zero-order valence-corrected chi connectivity index (χ0v) is 16.5. The molecular formula is C22H18BrNO4. The standard InChI is InChI=1S/C22H18BrNO4/c23-15-8-4-5-9-16(15)24-13-22-11-10-17(28-22)18(19(22)20(24)25)21(26)27-12-14-6-2-1-3-7-14/h1-11,17-19H,12-13H2/t17-,18+,19-,22?/m1/s1. The second-order valence-electron chi connectivity index (χ2n) is 7.37. The fraction of sp³-hybridized carbons (Fsp3) is 0.273. The first kappa shape index (κ1) is 17.6. The van der Waals surface area contributed by atoms with Gasteiger partial charge < -0.3 is 14.4 Å². The summed E-state index contributed by atoms with van der Waals surface area (Å²) >= 11 is 3.51. The molecule has 0 saturated carbocycles. The van der Waals surface area contributed by atoms with Crippen molar-refractivity contribution in [3.05, 3.63) is 76.8 Å². The molecule has 0 aliphatic carbocycles. The molecule has 2 aromatic carbocycles. The number of carbonyl (C=O) groups is 2. The topological polar surface area (TPSA) is 55.8 Å². The summed E-state index contributed by atoms with van der Waals surface area (Å²) in [7, 11) is 0. The smallest absolute Gasteiger partial charge is 0.313 e. The number of esters is 1. The number of para-hydroxylation sites is 1. The van der Waals surface area contributed by atoms with Crippen LogP contribution in [0.4, 0.5) is 5.69 Å². The van der Waals surface area contributed by atoms with Crippen molar-refractivity contribution in [1.82, 2.24) is 0 Å². The molecule has 1 unspecified atom stereocenters. The molecule has 5 rings (SSSR count). The van der Waals surface area contributed by atoms with Crippen molar-refractivity contribution >= 4 is 33.5 Å². The molecule has 1 spiro atoms.